The quantitative estimate of drug-likeness (QED) is 0.361. The normalized spacial score (nSPS) is 16.5. The van der Waals surface area contributed by atoms with E-state index >= 15 is 4.39 Å². The number of halogens is 2. The highest BCUT2D eigenvalue weighted by Gasteiger charge is 2.24. The minimum Gasteiger partial charge on any atom is -0.462 e. The van der Waals surface area contributed by atoms with Crippen LogP contribution in [0, 0.1) is 11.6 Å². The topological polar surface area (TPSA) is 128 Å². The summed E-state index contributed by atoms with van der Waals surface area (Å²) in [5.41, 5.74) is 12.0. The summed E-state index contributed by atoms with van der Waals surface area (Å²) in [5.74, 6) is -0.777. The summed E-state index contributed by atoms with van der Waals surface area (Å²) in [4.78, 5) is 19.5. The molecule has 1 fully saturated rings. The minimum absolute atomic E-state index is 0.00671. The highest BCUT2D eigenvalue weighted by molar-refractivity contribution is 7.22. The zero-order valence-electron chi connectivity index (χ0n) is 18.5. The Morgan fingerprint density at radius 3 is 2.85 bits per heavy atom. The van der Waals surface area contributed by atoms with Gasteiger partial charge in [0.05, 0.1) is 15.6 Å². The van der Waals surface area contributed by atoms with E-state index in [1.54, 1.807) is 0 Å². The van der Waals surface area contributed by atoms with E-state index < -0.39 is 11.6 Å². The van der Waals surface area contributed by atoms with Crippen LogP contribution in [0.1, 0.15) is 12.8 Å². The molecule has 1 aliphatic heterocycles. The van der Waals surface area contributed by atoms with Crippen LogP contribution in [0.4, 0.5) is 19.7 Å². The molecule has 34 heavy (non-hydrogen) atoms. The number of nitrogen functional groups attached to an aromatic ring is 1. The fourth-order valence-corrected chi connectivity index (χ4v) is 4.92. The molecule has 0 aliphatic carbocycles. The number of anilines is 2. The summed E-state index contributed by atoms with van der Waals surface area (Å²) in [6.07, 6.45) is 3.59. The van der Waals surface area contributed by atoms with E-state index in [2.05, 4.69) is 30.2 Å². The Hall–Kier alpha value is -3.22. The van der Waals surface area contributed by atoms with Crippen LogP contribution in [-0.4, -0.2) is 64.2 Å². The second-order valence-corrected chi connectivity index (χ2v) is 9.20. The number of likely N-dealkylation sites (N-methyl/N-ethyl adjacent to an activating group) is 1. The molecule has 4 heterocycles. The molecular weight excluding hydrogens is 462 g/mol. The predicted octanol–water partition coefficient (Wildman–Crippen LogP) is 3.01. The molecule has 0 radical (unpaired) electrons. The summed E-state index contributed by atoms with van der Waals surface area (Å²) in [6, 6.07) is 3.00. The molecule has 1 aromatic carbocycles. The molecule has 3 aromatic heterocycles. The Morgan fingerprint density at radius 1 is 1.24 bits per heavy atom. The summed E-state index contributed by atoms with van der Waals surface area (Å²) in [6.45, 7) is 2.19. The van der Waals surface area contributed by atoms with Crippen molar-refractivity contribution in [3.05, 3.63) is 30.0 Å². The number of thiazole rings is 1. The highest BCUT2D eigenvalue weighted by Crippen LogP contribution is 2.37. The lowest BCUT2D eigenvalue weighted by molar-refractivity contribution is 0.188. The second-order valence-electron chi connectivity index (χ2n) is 8.17. The van der Waals surface area contributed by atoms with Gasteiger partial charge in [-0.1, -0.05) is 11.3 Å². The third kappa shape index (κ3) is 4.08. The van der Waals surface area contributed by atoms with Gasteiger partial charge in [0.15, 0.2) is 10.9 Å². The van der Waals surface area contributed by atoms with Crippen molar-refractivity contribution in [1.82, 2.24) is 24.8 Å². The lowest BCUT2D eigenvalue weighted by Crippen LogP contribution is -2.31. The molecule has 12 heteroatoms. The first-order valence-electron chi connectivity index (χ1n) is 10.9. The number of nitrogens with zero attached hydrogens (tertiary/aromatic N) is 5. The third-order valence-electron chi connectivity index (χ3n) is 5.94. The van der Waals surface area contributed by atoms with Crippen molar-refractivity contribution in [1.29, 1.82) is 0 Å². The molecule has 5 rings (SSSR count). The van der Waals surface area contributed by atoms with Gasteiger partial charge in [0.1, 0.15) is 29.5 Å². The number of likely N-dealkylation sites (tertiary alicyclic amines) is 1. The molecule has 1 saturated heterocycles. The number of nitrogens with one attached hydrogen (secondary N) is 1. The highest BCUT2D eigenvalue weighted by atomic mass is 32.1. The number of aromatic nitrogens is 4. The molecule has 0 saturated carbocycles. The standard InChI is InChI=1S/C22H24F2N8OS/c1-32-8-2-3-11(32)10-33-22-30-17-13(20(31-22)27-7-6-25)9-28-16(15(17)24)12-4-5-14(23)19-18(12)29-21(26)34-19/h4-5,9,11H,2-3,6-8,10,25H2,1H3,(H2,26,29)(H,27,30,31). The zero-order chi connectivity index (χ0) is 23.8. The molecule has 1 atom stereocenters. The second kappa shape index (κ2) is 9.20. The van der Waals surface area contributed by atoms with Crippen molar-refractivity contribution in [3.8, 4) is 17.3 Å². The average Bonchev–Trinajstić information content (AvgIpc) is 3.42. The molecule has 0 amide bonds. The van der Waals surface area contributed by atoms with Gasteiger partial charge in [-0.15, -0.1) is 0 Å². The largest absolute Gasteiger partial charge is 0.462 e. The molecule has 5 N–H and O–H groups in total. The number of rotatable bonds is 7. The first-order valence-corrected chi connectivity index (χ1v) is 11.8. The van der Waals surface area contributed by atoms with Gasteiger partial charge in [-0.25, -0.2) is 13.8 Å². The lowest BCUT2D eigenvalue weighted by Gasteiger charge is -2.19. The number of nitrogens with two attached hydrogens (primary N) is 2. The van der Waals surface area contributed by atoms with Crippen molar-refractivity contribution in [3.63, 3.8) is 0 Å². The maximum absolute atomic E-state index is 15.9. The Labute approximate surface area is 198 Å². The van der Waals surface area contributed by atoms with Crippen LogP contribution < -0.4 is 21.5 Å². The van der Waals surface area contributed by atoms with Gasteiger partial charge >= 0.3 is 6.01 Å². The van der Waals surface area contributed by atoms with Gasteiger partial charge in [0.2, 0.25) is 0 Å². The van der Waals surface area contributed by atoms with Gasteiger partial charge in [-0.2, -0.15) is 9.97 Å². The van der Waals surface area contributed by atoms with Crippen molar-refractivity contribution in [2.24, 2.45) is 5.73 Å². The molecule has 4 aromatic rings. The Kier molecular flexibility index (Phi) is 6.11. The number of pyridine rings is 1. The van der Waals surface area contributed by atoms with E-state index in [0.29, 0.717) is 36.5 Å². The molecule has 0 bridgehead atoms. The van der Waals surface area contributed by atoms with Gasteiger partial charge in [-0.3, -0.25) is 4.98 Å². The van der Waals surface area contributed by atoms with E-state index in [4.69, 9.17) is 16.2 Å². The number of benzene rings is 1. The SMILES string of the molecule is CN1CCCC1COc1nc(NCCN)c2cnc(-c3ccc(F)c4sc(N)nc34)c(F)c2n1. The predicted molar refractivity (Wildman–Crippen MR) is 129 cm³/mol. The first kappa shape index (κ1) is 22.6. The van der Waals surface area contributed by atoms with E-state index in [1.165, 1.54) is 18.3 Å². The molecule has 1 unspecified atom stereocenters. The number of hydrogen-bond acceptors (Lipinski definition) is 10. The van der Waals surface area contributed by atoms with Crippen molar-refractivity contribution in [2.75, 3.05) is 44.3 Å². The van der Waals surface area contributed by atoms with Crippen LogP contribution in [0.15, 0.2) is 18.3 Å². The maximum Gasteiger partial charge on any atom is 0.319 e. The fourth-order valence-electron chi connectivity index (χ4n) is 4.16. The van der Waals surface area contributed by atoms with Gasteiger partial charge in [0, 0.05) is 30.9 Å². The van der Waals surface area contributed by atoms with Crippen molar-refractivity contribution in [2.45, 2.75) is 18.9 Å². The third-order valence-corrected chi connectivity index (χ3v) is 6.84. The summed E-state index contributed by atoms with van der Waals surface area (Å²) >= 11 is 1.000. The molecule has 9 nitrogen and oxygen atoms in total. The summed E-state index contributed by atoms with van der Waals surface area (Å²) in [5, 5.41) is 3.66. The Balaban J connectivity index is 1.60. The molecule has 1 aliphatic rings. The van der Waals surface area contributed by atoms with E-state index in [0.717, 1.165) is 30.7 Å². The minimum atomic E-state index is -0.682. The lowest BCUT2D eigenvalue weighted by atomic mass is 10.1. The Bertz CT molecular complexity index is 1360. The first-order chi connectivity index (χ1) is 16.5. The molecular formula is C22H24F2N8OS. The number of hydrogen-bond donors (Lipinski definition) is 3. The van der Waals surface area contributed by atoms with Crippen LogP contribution in [0.2, 0.25) is 0 Å². The number of fused-ring (bicyclic) bond motifs is 2. The van der Waals surface area contributed by atoms with E-state index in [9.17, 15) is 4.39 Å². The van der Waals surface area contributed by atoms with Gasteiger partial charge in [0.25, 0.3) is 0 Å². The van der Waals surface area contributed by atoms with Gasteiger partial charge < -0.3 is 26.4 Å². The summed E-state index contributed by atoms with van der Waals surface area (Å²) in [7, 11) is 2.04. The van der Waals surface area contributed by atoms with Crippen LogP contribution in [-0.2, 0) is 0 Å². The van der Waals surface area contributed by atoms with Crippen LogP contribution in [0.25, 0.3) is 32.4 Å². The number of ether oxygens (including phenoxy) is 1. The van der Waals surface area contributed by atoms with Crippen LogP contribution in [0.3, 0.4) is 0 Å². The molecule has 178 valence electrons. The summed E-state index contributed by atoms with van der Waals surface area (Å²) < 4.78 is 36.2. The van der Waals surface area contributed by atoms with E-state index in [1.807, 2.05) is 7.05 Å². The van der Waals surface area contributed by atoms with Crippen molar-refractivity contribution < 1.29 is 13.5 Å². The Morgan fingerprint density at radius 2 is 2.09 bits per heavy atom. The molecule has 0 spiro atoms. The monoisotopic (exact) mass is 486 g/mol. The fraction of sp³-hybridized carbons (Fsp3) is 0.364. The maximum atomic E-state index is 15.9. The van der Waals surface area contributed by atoms with Crippen molar-refractivity contribution >= 4 is 43.4 Å². The van der Waals surface area contributed by atoms with Crippen LogP contribution in [0.5, 0.6) is 6.01 Å². The smallest absolute Gasteiger partial charge is 0.319 e. The van der Waals surface area contributed by atoms with E-state index in [-0.39, 0.29) is 38.6 Å². The zero-order valence-corrected chi connectivity index (χ0v) is 19.3. The van der Waals surface area contributed by atoms with Gasteiger partial charge in [-0.05, 0) is 38.6 Å². The average molecular weight is 487 g/mol. The van der Waals surface area contributed by atoms with Crippen LogP contribution >= 0.6 is 11.3 Å².